The first-order valence-corrected chi connectivity index (χ1v) is 6.51. The summed E-state index contributed by atoms with van der Waals surface area (Å²) in [5, 5.41) is 0. The smallest absolute Gasteiger partial charge is 0.159 e. The minimum absolute atomic E-state index is 0.0193. The summed E-state index contributed by atoms with van der Waals surface area (Å²) in [6, 6.07) is 9.42. The van der Waals surface area contributed by atoms with Gasteiger partial charge in [0.25, 0.3) is 0 Å². The maximum absolute atomic E-state index is 13.2. The molecule has 2 aromatic rings. The molecule has 0 heterocycles. The minimum atomic E-state index is -0.350. The maximum atomic E-state index is 13.2. The summed E-state index contributed by atoms with van der Waals surface area (Å²) in [7, 11) is 0. The molecular weight excluding hydrogens is 311 g/mol. The summed E-state index contributed by atoms with van der Waals surface area (Å²) in [5.41, 5.74) is 1.43. The van der Waals surface area contributed by atoms with Gasteiger partial charge < -0.3 is 4.74 Å². The number of hydrogen-bond donors (Lipinski definition) is 0. The van der Waals surface area contributed by atoms with E-state index in [1.54, 1.807) is 24.3 Å². The average Bonchev–Trinajstić information content (AvgIpc) is 2.36. The van der Waals surface area contributed by atoms with E-state index in [1.807, 2.05) is 6.92 Å². The van der Waals surface area contributed by atoms with Gasteiger partial charge in [0, 0.05) is 11.6 Å². The van der Waals surface area contributed by atoms with E-state index in [0.717, 1.165) is 5.56 Å². The standard InChI is InChI=1S/C15H12BrFO2/c1-9-3-5-12(17)8-15(9)19-14-6-4-11(10(2)18)7-13(14)16/h3-8H,1-2H3. The SMILES string of the molecule is CC(=O)c1ccc(Oc2cc(F)ccc2C)c(Br)c1. The molecule has 0 aliphatic rings. The van der Waals surface area contributed by atoms with Crippen molar-refractivity contribution in [1.82, 2.24) is 0 Å². The highest BCUT2D eigenvalue weighted by Gasteiger charge is 2.08. The zero-order chi connectivity index (χ0) is 14.0. The number of Topliss-reactive ketones (excluding diaryl/α,β-unsaturated/α-hetero) is 1. The monoisotopic (exact) mass is 322 g/mol. The molecule has 0 N–H and O–H groups in total. The predicted molar refractivity (Wildman–Crippen MR) is 75.4 cm³/mol. The molecule has 0 radical (unpaired) electrons. The lowest BCUT2D eigenvalue weighted by Gasteiger charge is -2.11. The van der Waals surface area contributed by atoms with Gasteiger partial charge in [0.1, 0.15) is 17.3 Å². The molecule has 2 aromatic carbocycles. The number of ether oxygens (including phenoxy) is 1. The molecule has 0 fully saturated rings. The molecule has 0 aromatic heterocycles. The zero-order valence-electron chi connectivity index (χ0n) is 10.5. The van der Waals surface area contributed by atoms with Crippen molar-refractivity contribution in [2.75, 3.05) is 0 Å². The Morgan fingerprint density at radius 3 is 2.53 bits per heavy atom. The van der Waals surface area contributed by atoms with Crippen LogP contribution in [0.1, 0.15) is 22.8 Å². The zero-order valence-corrected chi connectivity index (χ0v) is 12.1. The number of carbonyl (C=O) groups excluding carboxylic acids is 1. The molecule has 2 rings (SSSR count). The predicted octanol–water partition coefficient (Wildman–Crippen LogP) is 4.89. The molecule has 0 aliphatic carbocycles. The van der Waals surface area contributed by atoms with Crippen molar-refractivity contribution in [1.29, 1.82) is 0 Å². The second kappa shape index (κ2) is 5.53. The van der Waals surface area contributed by atoms with Crippen LogP contribution in [0.15, 0.2) is 40.9 Å². The highest BCUT2D eigenvalue weighted by Crippen LogP contribution is 2.32. The second-order valence-electron chi connectivity index (χ2n) is 4.21. The van der Waals surface area contributed by atoms with Crippen LogP contribution in [0.4, 0.5) is 4.39 Å². The molecule has 2 nitrogen and oxygen atoms in total. The molecule has 4 heteroatoms. The highest BCUT2D eigenvalue weighted by molar-refractivity contribution is 9.10. The van der Waals surface area contributed by atoms with Crippen LogP contribution < -0.4 is 4.74 Å². The van der Waals surface area contributed by atoms with E-state index in [4.69, 9.17) is 4.74 Å². The molecule has 0 saturated carbocycles. The van der Waals surface area contributed by atoms with E-state index in [2.05, 4.69) is 15.9 Å². The van der Waals surface area contributed by atoms with E-state index in [9.17, 15) is 9.18 Å². The van der Waals surface area contributed by atoms with Crippen LogP contribution in [0.2, 0.25) is 0 Å². The third kappa shape index (κ3) is 3.20. The van der Waals surface area contributed by atoms with Crippen molar-refractivity contribution < 1.29 is 13.9 Å². The average molecular weight is 323 g/mol. The maximum Gasteiger partial charge on any atom is 0.159 e. The van der Waals surface area contributed by atoms with E-state index < -0.39 is 0 Å². The van der Waals surface area contributed by atoms with E-state index >= 15 is 0 Å². The Balaban J connectivity index is 2.33. The van der Waals surface area contributed by atoms with E-state index in [-0.39, 0.29) is 11.6 Å². The van der Waals surface area contributed by atoms with Crippen molar-refractivity contribution in [2.24, 2.45) is 0 Å². The van der Waals surface area contributed by atoms with Gasteiger partial charge in [-0.1, -0.05) is 6.07 Å². The van der Waals surface area contributed by atoms with Gasteiger partial charge in [-0.15, -0.1) is 0 Å². The van der Waals surface area contributed by atoms with Crippen LogP contribution in [0, 0.1) is 12.7 Å². The molecule has 0 spiro atoms. The van der Waals surface area contributed by atoms with E-state index in [1.165, 1.54) is 19.1 Å². The van der Waals surface area contributed by atoms with Crippen molar-refractivity contribution in [3.63, 3.8) is 0 Å². The summed E-state index contributed by atoms with van der Waals surface area (Å²) >= 11 is 3.35. The van der Waals surface area contributed by atoms with E-state index in [0.29, 0.717) is 21.5 Å². The molecule has 0 saturated heterocycles. The number of rotatable bonds is 3. The fourth-order valence-corrected chi connectivity index (χ4v) is 2.06. The Bertz CT molecular complexity index is 638. The number of halogens is 2. The summed E-state index contributed by atoms with van der Waals surface area (Å²) in [6.07, 6.45) is 0. The first-order chi connectivity index (χ1) is 8.97. The Hall–Kier alpha value is -1.68. The molecule has 0 unspecified atom stereocenters. The lowest BCUT2D eigenvalue weighted by atomic mass is 10.1. The Kier molecular flexibility index (Phi) is 4.00. The van der Waals surface area contributed by atoms with Gasteiger partial charge in [-0.2, -0.15) is 0 Å². The number of carbonyl (C=O) groups is 1. The van der Waals surface area contributed by atoms with Gasteiger partial charge in [0.2, 0.25) is 0 Å². The number of benzene rings is 2. The third-order valence-electron chi connectivity index (χ3n) is 2.71. The quantitative estimate of drug-likeness (QED) is 0.752. The first kappa shape index (κ1) is 13.7. The molecule has 0 amide bonds. The number of aryl methyl sites for hydroxylation is 1. The number of ketones is 1. The van der Waals surface area contributed by atoms with Crippen LogP contribution in [-0.4, -0.2) is 5.78 Å². The largest absolute Gasteiger partial charge is 0.456 e. The van der Waals surface area contributed by atoms with Crippen molar-refractivity contribution >= 4 is 21.7 Å². The van der Waals surface area contributed by atoms with Crippen LogP contribution in [0.25, 0.3) is 0 Å². The lowest BCUT2D eigenvalue weighted by Crippen LogP contribution is -1.94. The molecule has 0 aliphatic heterocycles. The Labute approximate surface area is 119 Å². The van der Waals surface area contributed by atoms with Crippen molar-refractivity contribution in [3.8, 4) is 11.5 Å². The normalized spacial score (nSPS) is 10.3. The molecule has 0 atom stereocenters. The van der Waals surface area contributed by atoms with Crippen LogP contribution >= 0.6 is 15.9 Å². The minimum Gasteiger partial charge on any atom is -0.456 e. The van der Waals surface area contributed by atoms with Gasteiger partial charge in [-0.25, -0.2) is 4.39 Å². The van der Waals surface area contributed by atoms with Gasteiger partial charge in [-0.05, 0) is 59.6 Å². The van der Waals surface area contributed by atoms with Gasteiger partial charge in [0.05, 0.1) is 4.47 Å². The summed E-state index contributed by atoms with van der Waals surface area (Å²) < 4.78 is 19.5. The topological polar surface area (TPSA) is 26.3 Å². The summed E-state index contributed by atoms with van der Waals surface area (Å²) in [4.78, 5) is 11.3. The van der Waals surface area contributed by atoms with Crippen molar-refractivity contribution in [3.05, 3.63) is 57.8 Å². The molecule has 19 heavy (non-hydrogen) atoms. The van der Waals surface area contributed by atoms with Gasteiger partial charge in [-0.3, -0.25) is 4.79 Å². The van der Waals surface area contributed by atoms with Crippen LogP contribution in [0.3, 0.4) is 0 Å². The molecular formula is C15H12BrFO2. The fraction of sp³-hybridized carbons (Fsp3) is 0.133. The Morgan fingerprint density at radius 1 is 1.16 bits per heavy atom. The van der Waals surface area contributed by atoms with Crippen molar-refractivity contribution in [2.45, 2.75) is 13.8 Å². The fourth-order valence-electron chi connectivity index (χ4n) is 1.60. The third-order valence-corrected chi connectivity index (χ3v) is 3.33. The Morgan fingerprint density at radius 2 is 1.89 bits per heavy atom. The lowest BCUT2D eigenvalue weighted by molar-refractivity contribution is 0.101. The first-order valence-electron chi connectivity index (χ1n) is 5.72. The highest BCUT2D eigenvalue weighted by atomic mass is 79.9. The van der Waals surface area contributed by atoms with Crippen LogP contribution in [0.5, 0.6) is 11.5 Å². The second-order valence-corrected chi connectivity index (χ2v) is 5.07. The molecule has 0 bridgehead atoms. The number of hydrogen-bond acceptors (Lipinski definition) is 2. The van der Waals surface area contributed by atoms with Gasteiger partial charge in [0.15, 0.2) is 5.78 Å². The van der Waals surface area contributed by atoms with Crippen LogP contribution in [-0.2, 0) is 0 Å². The molecule has 98 valence electrons. The summed E-state index contributed by atoms with van der Waals surface area (Å²) in [5.74, 6) is 0.626. The summed E-state index contributed by atoms with van der Waals surface area (Å²) in [6.45, 7) is 3.34. The van der Waals surface area contributed by atoms with Gasteiger partial charge >= 0.3 is 0 Å².